The molecule has 0 aliphatic heterocycles. The molecule has 0 saturated heterocycles. The first-order valence-electron chi connectivity index (χ1n) is 4.52. The maximum absolute atomic E-state index is 3.95. The summed E-state index contributed by atoms with van der Waals surface area (Å²) >= 11 is 0. The second kappa shape index (κ2) is 6.21. The van der Waals surface area contributed by atoms with Crippen molar-refractivity contribution in [2.45, 2.75) is 46.0 Å². The van der Waals surface area contributed by atoms with Gasteiger partial charge in [0.05, 0.1) is 0 Å². The van der Waals surface area contributed by atoms with Gasteiger partial charge in [0.2, 0.25) is 0 Å². The van der Waals surface area contributed by atoms with Gasteiger partial charge >= 0.3 is 0 Å². The van der Waals surface area contributed by atoms with Gasteiger partial charge < -0.3 is 0 Å². The van der Waals surface area contributed by atoms with Gasteiger partial charge in [0.1, 0.15) is 0 Å². The molecule has 0 nitrogen and oxygen atoms in total. The van der Waals surface area contributed by atoms with Crippen molar-refractivity contribution in [1.29, 1.82) is 0 Å². The Morgan fingerprint density at radius 1 is 1.09 bits per heavy atom. The van der Waals surface area contributed by atoms with Crippen LogP contribution in [0, 0.1) is 0 Å². The first kappa shape index (κ1) is 10.5. The lowest BCUT2D eigenvalue weighted by atomic mass is 10.0. The summed E-state index contributed by atoms with van der Waals surface area (Å²) in [6, 6.07) is 0. The molecule has 0 fully saturated rings. The lowest BCUT2D eigenvalue weighted by Gasteiger charge is -2.03. The lowest BCUT2D eigenvalue weighted by molar-refractivity contribution is 0.667. The summed E-state index contributed by atoms with van der Waals surface area (Å²) in [6.07, 6.45) is 6.40. The van der Waals surface area contributed by atoms with Crippen molar-refractivity contribution < 1.29 is 0 Å². The van der Waals surface area contributed by atoms with Crippen LogP contribution in [0.2, 0.25) is 0 Å². The van der Waals surface area contributed by atoms with E-state index in [-0.39, 0.29) is 0 Å². The molecule has 0 aliphatic carbocycles. The first-order valence-corrected chi connectivity index (χ1v) is 4.52. The Morgan fingerprint density at radius 2 is 1.73 bits per heavy atom. The molecule has 0 aromatic heterocycles. The Kier molecular flexibility index (Phi) is 5.91. The molecular formula is C11H20. The molecule has 0 atom stereocenters. The van der Waals surface area contributed by atoms with Gasteiger partial charge in [-0.2, -0.15) is 0 Å². The van der Waals surface area contributed by atoms with E-state index in [4.69, 9.17) is 0 Å². The lowest BCUT2D eigenvalue weighted by Crippen LogP contribution is -1.83. The van der Waals surface area contributed by atoms with Crippen molar-refractivity contribution in [3.05, 3.63) is 24.3 Å². The van der Waals surface area contributed by atoms with Crippen LogP contribution in [0.4, 0.5) is 0 Å². The van der Waals surface area contributed by atoms with Crippen molar-refractivity contribution in [2.24, 2.45) is 0 Å². The fourth-order valence-electron chi connectivity index (χ4n) is 0.979. The highest BCUT2D eigenvalue weighted by Crippen LogP contribution is 2.13. The van der Waals surface area contributed by atoms with E-state index in [1.165, 1.54) is 31.3 Å². The van der Waals surface area contributed by atoms with Gasteiger partial charge in [-0.05, 0) is 19.8 Å². The topological polar surface area (TPSA) is 0 Å². The molecule has 0 heteroatoms. The van der Waals surface area contributed by atoms with E-state index in [2.05, 4.69) is 20.1 Å². The van der Waals surface area contributed by atoms with Crippen LogP contribution in [0.3, 0.4) is 0 Å². The normalized spacial score (nSPS) is 9.64. The van der Waals surface area contributed by atoms with Gasteiger partial charge in [0.25, 0.3) is 0 Å². The number of allylic oxidation sites excluding steroid dienone is 2. The summed E-state index contributed by atoms with van der Waals surface area (Å²) in [5.41, 5.74) is 2.36. The number of unbranched alkanes of at least 4 members (excludes halogenated alkanes) is 3. The molecule has 0 aromatic carbocycles. The molecule has 0 bridgehead atoms. The average molecular weight is 152 g/mol. The predicted octanol–water partition coefficient (Wildman–Crippen LogP) is 4.09. The van der Waals surface area contributed by atoms with Crippen LogP contribution in [-0.2, 0) is 0 Å². The van der Waals surface area contributed by atoms with Gasteiger partial charge in [-0.1, -0.05) is 50.5 Å². The van der Waals surface area contributed by atoms with Crippen LogP contribution in [-0.4, -0.2) is 0 Å². The van der Waals surface area contributed by atoms with E-state index in [9.17, 15) is 0 Å². The molecule has 64 valence electrons. The van der Waals surface area contributed by atoms with Gasteiger partial charge in [-0.25, -0.2) is 0 Å². The molecule has 0 saturated carbocycles. The second-order valence-electron chi connectivity index (χ2n) is 3.19. The highest BCUT2D eigenvalue weighted by atomic mass is 14.0. The Bertz CT molecular complexity index is 131. The fourth-order valence-corrected chi connectivity index (χ4v) is 0.979. The zero-order valence-electron chi connectivity index (χ0n) is 7.95. The summed E-state index contributed by atoms with van der Waals surface area (Å²) < 4.78 is 0. The predicted molar refractivity (Wildman–Crippen MR) is 52.7 cm³/mol. The van der Waals surface area contributed by atoms with Crippen molar-refractivity contribution in [3.8, 4) is 0 Å². The summed E-state index contributed by atoms with van der Waals surface area (Å²) in [4.78, 5) is 0. The molecule has 0 heterocycles. The van der Waals surface area contributed by atoms with Crippen LogP contribution in [0.15, 0.2) is 24.3 Å². The zero-order chi connectivity index (χ0) is 8.69. The highest BCUT2D eigenvalue weighted by molar-refractivity contribution is 5.22. The quantitative estimate of drug-likeness (QED) is 0.397. The molecule has 0 aliphatic rings. The SMILES string of the molecule is C=C(C)C(=C)CCCCCC. The van der Waals surface area contributed by atoms with Gasteiger partial charge in [-0.15, -0.1) is 0 Å². The smallest absolute Gasteiger partial charge is 0.0282 e. The van der Waals surface area contributed by atoms with Crippen molar-refractivity contribution in [3.63, 3.8) is 0 Å². The van der Waals surface area contributed by atoms with E-state index in [0.717, 1.165) is 12.0 Å². The van der Waals surface area contributed by atoms with Crippen LogP contribution >= 0.6 is 0 Å². The van der Waals surface area contributed by atoms with Gasteiger partial charge in [0, 0.05) is 0 Å². The summed E-state index contributed by atoms with van der Waals surface area (Å²) in [5.74, 6) is 0. The molecule has 0 spiro atoms. The molecule has 0 unspecified atom stereocenters. The molecule has 0 amide bonds. The Labute approximate surface area is 71.0 Å². The number of hydrogen-bond donors (Lipinski definition) is 0. The van der Waals surface area contributed by atoms with Crippen molar-refractivity contribution in [2.75, 3.05) is 0 Å². The first-order chi connectivity index (χ1) is 5.18. The van der Waals surface area contributed by atoms with E-state index in [1.54, 1.807) is 0 Å². The largest absolute Gasteiger partial charge is 0.0959 e. The minimum atomic E-state index is 1.13. The summed E-state index contributed by atoms with van der Waals surface area (Å²) in [7, 11) is 0. The van der Waals surface area contributed by atoms with Crippen LogP contribution in [0.1, 0.15) is 46.0 Å². The van der Waals surface area contributed by atoms with Crippen LogP contribution in [0.5, 0.6) is 0 Å². The van der Waals surface area contributed by atoms with Crippen LogP contribution < -0.4 is 0 Å². The minimum Gasteiger partial charge on any atom is -0.0959 e. The average Bonchev–Trinajstić information content (AvgIpc) is 1.97. The molecule has 0 radical (unpaired) electrons. The van der Waals surface area contributed by atoms with E-state index in [1.807, 2.05) is 6.92 Å². The zero-order valence-corrected chi connectivity index (χ0v) is 7.95. The second-order valence-corrected chi connectivity index (χ2v) is 3.19. The van der Waals surface area contributed by atoms with E-state index in [0.29, 0.717) is 0 Å². The minimum absolute atomic E-state index is 1.13. The number of rotatable bonds is 6. The Morgan fingerprint density at radius 3 is 2.18 bits per heavy atom. The monoisotopic (exact) mass is 152 g/mol. The Balaban J connectivity index is 3.25. The summed E-state index contributed by atoms with van der Waals surface area (Å²) in [6.45, 7) is 12.1. The maximum Gasteiger partial charge on any atom is -0.0282 e. The van der Waals surface area contributed by atoms with Crippen LogP contribution in [0.25, 0.3) is 0 Å². The molecule has 0 aromatic rings. The molecule has 0 rings (SSSR count). The standard InChI is InChI=1S/C11H20/c1-5-6-7-8-9-11(4)10(2)3/h2,4-9H2,1,3H3. The third-order valence-corrected chi connectivity index (χ3v) is 1.94. The summed E-state index contributed by atoms with van der Waals surface area (Å²) in [5, 5.41) is 0. The third-order valence-electron chi connectivity index (χ3n) is 1.94. The third kappa shape index (κ3) is 5.90. The highest BCUT2D eigenvalue weighted by Gasteiger charge is 1.93. The maximum atomic E-state index is 3.95. The molecule has 0 N–H and O–H groups in total. The van der Waals surface area contributed by atoms with Crippen molar-refractivity contribution >= 4 is 0 Å². The fraction of sp³-hybridized carbons (Fsp3) is 0.636. The molecule has 11 heavy (non-hydrogen) atoms. The van der Waals surface area contributed by atoms with Gasteiger partial charge in [0.15, 0.2) is 0 Å². The number of hydrogen-bond acceptors (Lipinski definition) is 0. The molecular weight excluding hydrogens is 132 g/mol. The van der Waals surface area contributed by atoms with Gasteiger partial charge in [-0.3, -0.25) is 0 Å². The Hall–Kier alpha value is -0.520. The van der Waals surface area contributed by atoms with Crippen molar-refractivity contribution in [1.82, 2.24) is 0 Å². The van der Waals surface area contributed by atoms with E-state index >= 15 is 0 Å². The van der Waals surface area contributed by atoms with E-state index < -0.39 is 0 Å².